The first-order valence-corrected chi connectivity index (χ1v) is 8.35. The molecule has 0 radical (unpaired) electrons. The van der Waals surface area contributed by atoms with E-state index >= 15 is 0 Å². The van der Waals surface area contributed by atoms with E-state index in [0.717, 1.165) is 35.0 Å². The van der Waals surface area contributed by atoms with Crippen molar-refractivity contribution in [2.45, 2.75) is 37.6 Å². The highest BCUT2D eigenvalue weighted by atomic mass is 79.9. The topological polar surface area (TPSA) is 38.9 Å². The van der Waals surface area contributed by atoms with Gasteiger partial charge in [0.2, 0.25) is 0 Å². The summed E-state index contributed by atoms with van der Waals surface area (Å²) in [6.07, 6.45) is 5.13. The first-order chi connectivity index (χ1) is 10.00. The Kier molecular flexibility index (Phi) is 4.08. The quantitative estimate of drug-likeness (QED) is 0.831. The van der Waals surface area contributed by atoms with Gasteiger partial charge in [-0.05, 0) is 55.5 Å². The van der Waals surface area contributed by atoms with Crippen LogP contribution in [0.15, 0.2) is 41.0 Å². The number of hydrogen-bond donors (Lipinski definition) is 1. The molecule has 1 heterocycles. The van der Waals surface area contributed by atoms with Crippen LogP contribution in [0.25, 0.3) is 0 Å². The summed E-state index contributed by atoms with van der Waals surface area (Å²) in [7, 11) is 0. The molecule has 1 aliphatic carbocycles. The molecule has 110 valence electrons. The predicted molar refractivity (Wildman–Crippen MR) is 90.6 cm³/mol. The number of aromatic nitrogens is 1. The first kappa shape index (κ1) is 15.0. The van der Waals surface area contributed by atoms with Gasteiger partial charge in [-0.25, -0.2) is 0 Å². The van der Waals surface area contributed by atoms with Gasteiger partial charge in [-0.3, -0.25) is 4.98 Å². The monoisotopic (exact) mass is 364 g/mol. The molecule has 2 unspecified atom stereocenters. The maximum atomic E-state index is 6.74. The lowest BCUT2D eigenvalue weighted by atomic mass is 9.72. The van der Waals surface area contributed by atoms with Crippen LogP contribution in [0, 0.1) is 0 Å². The number of nitrogens with zero attached hydrogens (tertiary/aromatic N) is 1. The van der Waals surface area contributed by atoms with Gasteiger partial charge in [0.15, 0.2) is 0 Å². The van der Waals surface area contributed by atoms with Crippen molar-refractivity contribution in [3.05, 3.63) is 62.8 Å². The molecule has 1 aliphatic rings. The third-order valence-corrected chi connectivity index (χ3v) is 5.24. The Morgan fingerprint density at radius 2 is 2.19 bits per heavy atom. The molecule has 0 amide bonds. The summed E-state index contributed by atoms with van der Waals surface area (Å²) in [5, 5.41) is 0.706. The highest BCUT2D eigenvalue weighted by Crippen LogP contribution is 2.43. The van der Waals surface area contributed by atoms with Crippen molar-refractivity contribution in [1.29, 1.82) is 0 Å². The van der Waals surface area contributed by atoms with Crippen molar-refractivity contribution in [1.82, 2.24) is 4.98 Å². The molecule has 3 rings (SSSR count). The molecule has 2 aromatic rings. The van der Waals surface area contributed by atoms with Crippen LogP contribution in [-0.2, 0) is 12.0 Å². The van der Waals surface area contributed by atoms with Gasteiger partial charge < -0.3 is 5.73 Å². The van der Waals surface area contributed by atoms with Gasteiger partial charge in [0.1, 0.15) is 0 Å². The van der Waals surface area contributed by atoms with Crippen LogP contribution in [0.5, 0.6) is 0 Å². The fourth-order valence-corrected chi connectivity index (χ4v) is 4.18. The van der Waals surface area contributed by atoms with E-state index in [-0.39, 0.29) is 5.92 Å². The third kappa shape index (κ3) is 2.75. The van der Waals surface area contributed by atoms with E-state index in [4.69, 9.17) is 17.3 Å². The Morgan fingerprint density at radius 1 is 1.38 bits per heavy atom. The molecule has 2 N–H and O–H groups in total. The lowest BCUT2D eigenvalue weighted by Gasteiger charge is -2.38. The highest BCUT2D eigenvalue weighted by molar-refractivity contribution is 9.10. The zero-order valence-corrected chi connectivity index (χ0v) is 14.3. The standard InChI is InChI=1S/C17H18BrClN2/c1-17(20,13-8-7-12(18)10-15(13)19)14-6-2-4-11-5-3-9-21-16(11)14/h3,5,7-10,14H,2,4,6,20H2,1H3. The van der Waals surface area contributed by atoms with Gasteiger partial charge in [-0.15, -0.1) is 0 Å². The summed E-state index contributed by atoms with van der Waals surface area (Å²) in [5.74, 6) is 0.195. The largest absolute Gasteiger partial charge is 0.321 e. The third-order valence-electron chi connectivity index (χ3n) is 4.43. The fraction of sp³-hybridized carbons (Fsp3) is 0.353. The molecule has 4 heteroatoms. The molecule has 0 spiro atoms. The molecule has 21 heavy (non-hydrogen) atoms. The summed E-state index contributed by atoms with van der Waals surface area (Å²) in [6, 6.07) is 10.1. The van der Waals surface area contributed by atoms with Crippen LogP contribution in [0.3, 0.4) is 0 Å². The average molecular weight is 366 g/mol. The molecular formula is C17H18BrClN2. The number of fused-ring (bicyclic) bond motifs is 1. The van der Waals surface area contributed by atoms with Gasteiger partial charge in [-0.2, -0.15) is 0 Å². The van der Waals surface area contributed by atoms with Crippen molar-refractivity contribution >= 4 is 27.5 Å². The highest BCUT2D eigenvalue weighted by Gasteiger charge is 2.38. The second-order valence-electron chi connectivity index (χ2n) is 5.90. The summed E-state index contributed by atoms with van der Waals surface area (Å²) in [6.45, 7) is 2.07. The van der Waals surface area contributed by atoms with Crippen molar-refractivity contribution in [2.24, 2.45) is 5.73 Å². The van der Waals surface area contributed by atoms with Crippen LogP contribution < -0.4 is 5.73 Å². The average Bonchev–Trinajstić information content (AvgIpc) is 2.46. The Bertz CT molecular complexity index is 670. The number of pyridine rings is 1. The molecule has 0 aliphatic heterocycles. The summed E-state index contributed by atoms with van der Waals surface area (Å²) >= 11 is 9.88. The zero-order chi connectivity index (χ0) is 15.0. The van der Waals surface area contributed by atoms with E-state index in [1.54, 1.807) is 0 Å². The van der Waals surface area contributed by atoms with E-state index < -0.39 is 5.54 Å². The molecule has 0 bridgehead atoms. The zero-order valence-electron chi connectivity index (χ0n) is 11.9. The van der Waals surface area contributed by atoms with Crippen LogP contribution in [-0.4, -0.2) is 4.98 Å². The minimum atomic E-state index is -0.526. The van der Waals surface area contributed by atoms with E-state index in [1.807, 2.05) is 30.5 Å². The van der Waals surface area contributed by atoms with Crippen molar-refractivity contribution in [2.75, 3.05) is 0 Å². The molecule has 2 atom stereocenters. The van der Waals surface area contributed by atoms with Gasteiger partial charge in [-0.1, -0.05) is 39.7 Å². The summed E-state index contributed by atoms with van der Waals surface area (Å²) in [4.78, 5) is 4.61. The van der Waals surface area contributed by atoms with Crippen molar-refractivity contribution in [3.8, 4) is 0 Å². The summed E-state index contributed by atoms with van der Waals surface area (Å²) in [5.41, 5.74) is 9.64. The van der Waals surface area contributed by atoms with Gasteiger partial charge in [0.05, 0.1) is 0 Å². The van der Waals surface area contributed by atoms with Crippen molar-refractivity contribution < 1.29 is 0 Å². The maximum Gasteiger partial charge on any atom is 0.0488 e. The maximum absolute atomic E-state index is 6.74. The van der Waals surface area contributed by atoms with E-state index in [2.05, 4.69) is 33.9 Å². The van der Waals surface area contributed by atoms with Gasteiger partial charge in [0, 0.05) is 32.8 Å². The number of halogens is 2. The fourth-order valence-electron chi connectivity index (χ4n) is 3.31. The van der Waals surface area contributed by atoms with Crippen molar-refractivity contribution in [3.63, 3.8) is 0 Å². The van der Waals surface area contributed by atoms with Crippen LogP contribution >= 0.6 is 27.5 Å². The SMILES string of the molecule is CC(N)(c1ccc(Br)cc1Cl)C1CCCc2cccnc21. The normalized spacial score (nSPS) is 20.7. The molecular weight excluding hydrogens is 348 g/mol. The van der Waals surface area contributed by atoms with E-state index in [1.165, 1.54) is 5.56 Å². The predicted octanol–water partition coefficient (Wildman–Crippen LogP) is 4.79. The number of benzene rings is 1. The van der Waals surface area contributed by atoms with Gasteiger partial charge >= 0.3 is 0 Å². The molecule has 1 aromatic carbocycles. The number of aryl methyl sites for hydroxylation is 1. The lowest BCUT2D eigenvalue weighted by Crippen LogP contribution is -2.42. The van der Waals surface area contributed by atoms with Gasteiger partial charge in [0.25, 0.3) is 0 Å². The second-order valence-corrected chi connectivity index (χ2v) is 7.22. The van der Waals surface area contributed by atoms with Crippen LogP contribution in [0.2, 0.25) is 5.02 Å². The van der Waals surface area contributed by atoms with Crippen LogP contribution in [0.1, 0.15) is 42.5 Å². The summed E-state index contributed by atoms with van der Waals surface area (Å²) < 4.78 is 0.967. The number of rotatable bonds is 2. The molecule has 2 nitrogen and oxygen atoms in total. The molecule has 0 saturated carbocycles. The smallest absolute Gasteiger partial charge is 0.0488 e. The Balaban J connectivity index is 2.07. The second kappa shape index (κ2) is 5.71. The Labute approximate surface area is 138 Å². The number of hydrogen-bond acceptors (Lipinski definition) is 2. The van der Waals surface area contributed by atoms with E-state index in [9.17, 15) is 0 Å². The first-order valence-electron chi connectivity index (χ1n) is 7.18. The lowest BCUT2D eigenvalue weighted by molar-refractivity contribution is 0.341. The van der Waals surface area contributed by atoms with E-state index in [0.29, 0.717) is 5.02 Å². The Morgan fingerprint density at radius 3 is 2.95 bits per heavy atom. The van der Waals surface area contributed by atoms with Crippen LogP contribution in [0.4, 0.5) is 0 Å². The minimum absolute atomic E-state index is 0.195. The molecule has 1 aromatic heterocycles. The minimum Gasteiger partial charge on any atom is -0.321 e. The Hall–Kier alpha value is -0.900. The number of nitrogens with two attached hydrogens (primary N) is 1. The molecule has 0 saturated heterocycles. The molecule has 0 fully saturated rings.